The largest absolute Gasteiger partial charge is 0.401 e. The standard InChI is InChI=1S/C12H25F3N2/c1-3-8-17(10-12(13,14)15)9-4-5-11(2)6-7-16/h11H,3-10,16H2,1-2H3. The first kappa shape index (κ1) is 16.7. The second-order valence-electron chi connectivity index (χ2n) is 4.72. The molecule has 5 heteroatoms. The SMILES string of the molecule is CCCN(CCCC(C)CCN)CC(F)(F)F. The summed E-state index contributed by atoms with van der Waals surface area (Å²) in [6.07, 6.45) is -0.605. The molecule has 0 bridgehead atoms. The zero-order valence-electron chi connectivity index (χ0n) is 10.9. The lowest BCUT2D eigenvalue weighted by Gasteiger charge is -2.23. The molecule has 104 valence electrons. The van der Waals surface area contributed by atoms with E-state index in [0.717, 1.165) is 25.7 Å². The summed E-state index contributed by atoms with van der Waals surface area (Å²) in [4.78, 5) is 1.50. The van der Waals surface area contributed by atoms with Crippen LogP contribution in [0.2, 0.25) is 0 Å². The Balaban J connectivity index is 3.84. The summed E-state index contributed by atoms with van der Waals surface area (Å²) >= 11 is 0. The van der Waals surface area contributed by atoms with E-state index in [1.807, 2.05) is 6.92 Å². The smallest absolute Gasteiger partial charge is 0.330 e. The van der Waals surface area contributed by atoms with Crippen LogP contribution < -0.4 is 5.73 Å². The normalized spacial score (nSPS) is 14.3. The maximum atomic E-state index is 12.3. The van der Waals surface area contributed by atoms with Crippen molar-refractivity contribution in [2.24, 2.45) is 11.7 Å². The third-order valence-corrected chi connectivity index (χ3v) is 2.77. The number of nitrogens with two attached hydrogens (primary N) is 1. The molecule has 2 nitrogen and oxygen atoms in total. The lowest BCUT2D eigenvalue weighted by atomic mass is 10.0. The summed E-state index contributed by atoms with van der Waals surface area (Å²) in [7, 11) is 0. The molecular formula is C12H25F3N2. The first-order valence-corrected chi connectivity index (χ1v) is 6.38. The average Bonchev–Trinajstić information content (AvgIpc) is 2.15. The van der Waals surface area contributed by atoms with Gasteiger partial charge >= 0.3 is 6.18 Å². The van der Waals surface area contributed by atoms with Crippen molar-refractivity contribution >= 4 is 0 Å². The van der Waals surface area contributed by atoms with Gasteiger partial charge in [-0.2, -0.15) is 13.2 Å². The van der Waals surface area contributed by atoms with E-state index >= 15 is 0 Å². The van der Waals surface area contributed by atoms with Crippen molar-refractivity contribution in [2.75, 3.05) is 26.2 Å². The molecule has 0 aromatic heterocycles. The molecule has 0 aromatic rings. The van der Waals surface area contributed by atoms with Gasteiger partial charge in [0.2, 0.25) is 0 Å². The summed E-state index contributed by atoms with van der Waals surface area (Å²) in [6, 6.07) is 0. The first-order chi connectivity index (χ1) is 7.89. The van der Waals surface area contributed by atoms with Crippen molar-refractivity contribution in [3.63, 3.8) is 0 Å². The molecule has 0 amide bonds. The molecular weight excluding hydrogens is 229 g/mol. The van der Waals surface area contributed by atoms with Crippen LogP contribution in [0.5, 0.6) is 0 Å². The zero-order chi connectivity index (χ0) is 13.3. The molecule has 17 heavy (non-hydrogen) atoms. The summed E-state index contributed by atoms with van der Waals surface area (Å²) in [5, 5.41) is 0. The summed E-state index contributed by atoms with van der Waals surface area (Å²) < 4.78 is 36.8. The van der Waals surface area contributed by atoms with Gasteiger partial charge in [-0.1, -0.05) is 13.8 Å². The van der Waals surface area contributed by atoms with Crippen LogP contribution in [0.15, 0.2) is 0 Å². The van der Waals surface area contributed by atoms with Crippen LogP contribution in [-0.2, 0) is 0 Å². The Labute approximate surface area is 102 Å². The number of hydrogen-bond donors (Lipinski definition) is 1. The highest BCUT2D eigenvalue weighted by atomic mass is 19.4. The van der Waals surface area contributed by atoms with Crippen molar-refractivity contribution in [3.8, 4) is 0 Å². The Morgan fingerprint density at radius 2 is 1.82 bits per heavy atom. The Hall–Kier alpha value is -0.290. The third-order valence-electron chi connectivity index (χ3n) is 2.77. The van der Waals surface area contributed by atoms with Gasteiger partial charge in [-0.15, -0.1) is 0 Å². The van der Waals surface area contributed by atoms with Crippen molar-refractivity contribution in [3.05, 3.63) is 0 Å². The predicted octanol–water partition coefficient (Wildman–Crippen LogP) is 3.03. The fourth-order valence-electron chi connectivity index (χ4n) is 1.93. The van der Waals surface area contributed by atoms with Gasteiger partial charge in [0.25, 0.3) is 0 Å². The molecule has 1 unspecified atom stereocenters. The molecule has 0 rings (SSSR count). The van der Waals surface area contributed by atoms with E-state index in [9.17, 15) is 13.2 Å². The number of rotatable bonds is 9. The molecule has 1 atom stereocenters. The molecule has 0 aromatic carbocycles. The Kier molecular flexibility index (Phi) is 8.60. The maximum absolute atomic E-state index is 12.3. The van der Waals surface area contributed by atoms with Gasteiger partial charge in [-0.05, 0) is 51.2 Å². The van der Waals surface area contributed by atoms with Gasteiger partial charge < -0.3 is 5.73 Å². The highest BCUT2D eigenvalue weighted by molar-refractivity contribution is 4.64. The van der Waals surface area contributed by atoms with Crippen LogP contribution in [0, 0.1) is 5.92 Å². The topological polar surface area (TPSA) is 29.3 Å². The van der Waals surface area contributed by atoms with Gasteiger partial charge in [0.05, 0.1) is 6.54 Å². The highest BCUT2D eigenvalue weighted by Gasteiger charge is 2.30. The highest BCUT2D eigenvalue weighted by Crippen LogP contribution is 2.17. The van der Waals surface area contributed by atoms with E-state index in [4.69, 9.17) is 5.73 Å². The van der Waals surface area contributed by atoms with Crippen LogP contribution in [-0.4, -0.2) is 37.3 Å². The van der Waals surface area contributed by atoms with Crippen molar-refractivity contribution in [1.29, 1.82) is 0 Å². The Morgan fingerprint density at radius 3 is 2.29 bits per heavy atom. The van der Waals surface area contributed by atoms with E-state index < -0.39 is 12.7 Å². The summed E-state index contributed by atoms with van der Waals surface area (Å²) in [5.74, 6) is 0.509. The summed E-state index contributed by atoms with van der Waals surface area (Å²) in [5.41, 5.74) is 5.43. The van der Waals surface area contributed by atoms with E-state index in [-0.39, 0.29) is 0 Å². The quantitative estimate of drug-likeness (QED) is 0.685. The number of alkyl halides is 3. The molecule has 0 aliphatic rings. The second kappa shape index (κ2) is 8.75. The Bertz CT molecular complexity index is 183. The van der Waals surface area contributed by atoms with Crippen LogP contribution in [0.1, 0.15) is 39.5 Å². The molecule has 0 radical (unpaired) electrons. The van der Waals surface area contributed by atoms with E-state index in [2.05, 4.69) is 6.92 Å². The van der Waals surface area contributed by atoms with Gasteiger partial charge in [0, 0.05) is 0 Å². The van der Waals surface area contributed by atoms with Crippen molar-refractivity contribution < 1.29 is 13.2 Å². The molecule has 2 N–H and O–H groups in total. The molecule has 0 aliphatic heterocycles. The van der Waals surface area contributed by atoms with Gasteiger partial charge in [-0.25, -0.2) is 0 Å². The van der Waals surface area contributed by atoms with Crippen LogP contribution in [0.4, 0.5) is 13.2 Å². The number of halogens is 3. The molecule has 0 aliphatic carbocycles. The molecule has 0 spiro atoms. The summed E-state index contributed by atoms with van der Waals surface area (Å²) in [6.45, 7) is 4.92. The van der Waals surface area contributed by atoms with Gasteiger partial charge in [-0.3, -0.25) is 4.90 Å². The van der Waals surface area contributed by atoms with Crippen molar-refractivity contribution in [2.45, 2.75) is 45.7 Å². The minimum atomic E-state index is -4.09. The number of hydrogen-bond acceptors (Lipinski definition) is 2. The molecule has 0 fully saturated rings. The minimum Gasteiger partial charge on any atom is -0.330 e. The number of nitrogens with zero attached hydrogens (tertiary/aromatic N) is 1. The fourth-order valence-corrected chi connectivity index (χ4v) is 1.93. The molecule has 0 saturated heterocycles. The lowest BCUT2D eigenvalue weighted by molar-refractivity contribution is -0.146. The fraction of sp³-hybridized carbons (Fsp3) is 1.00. The van der Waals surface area contributed by atoms with E-state index in [0.29, 0.717) is 25.6 Å². The van der Waals surface area contributed by atoms with Crippen LogP contribution >= 0.6 is 0 Å². The monoisotopic (exact) mass is 254 g/mol. The van der Waals surface area contributed by atoms with Gasteiger partial charge in [0.15, 0.2) is 0 Å². The van der Waals surface area contributed by atoms with Gasteiger partial charge in [0.1, 0.15) is 0 Å². The Morgan fingerprint density at radius 1 is 1.18 bits per heavy atom. The van der Waals surface area contributed by atoms with E-state index in [1.54, 1.807) is 0 Å². The first-order valence-electron chi connectivity index (χ1n) is 6.38. The zero-order valence-corrected chi connectivity index (χ0v) is 10.9. The second-order valence-corrected chi connectivity index (χ2v) is 4.72. The predicted molar refractivity (Wildman–Crippen MR) is 64.9 cm³/mol. The van der Waals surface area contributed by atoms with Crippen LogP contribution in [0.3, 0.4) is 0 Å². The lowest BCUT2D eigenvalue weighted by Crippen LogP contribution is -2.35. The maximum Gasteiger partial charge on any atom is 0.401 e. The third kappa shape index (κ3) is 10.6. The van der Waals surface area contributed by atoms with Crippen LogP contribution in [0.25, 0.3) is 0 Å². The minimum absolute atomic E-state index is 0.509. The van der Waals surface area contributed by atoms with Crippen molar-refractivity contribution in [1.82, 2.24) is 4.90 Å². The van der Waals surface area contributed by atoms with E-state index in [1.165, 1.54) is 4.90 Å². The molecule has 0 saturated carbocycles. The average molecular weight is 254 g/mol. The molecule has 0 heterocycles.